The first-order valence-electron chi connectivity index (χ1n) is 8.62. The first-order valence-corrected chi connectivity index (χ1v) is 9.44. The number of aromatic nitrogens is 3. The number of hydrogen-bond donors (Lipinski definition) is 2. The van der Waals surface area contributed by atoms with E-state index in [4.69, 9.17) is 4.98 Å². The topological polar surface area (TPSA) is 62.7 Å². The molecule has 0 unspecified atom stereocenters. The lowest BCUT2D eigenvalue weighted by atomic mass is 9.97. The number of anilines is 2. The molecule has 1 aliphatic rings. The molecule has 3 heterocycles. The van der Waals surface area contributed by atoms with Gasteiger partial charge in [-0.25, -0.2) is 15.0 Å². The summed E-state index contributed by atoms with van der Waals surface area (Å²) in [7, 11) is 0. The van der Waals surface area contributed by atoms with Crippen molar-refractivity contribution in [3.8, 4) is 10.4 Å². The molecule has 0 aliphatic carbocycles. The highest BCUT2D eigenvalue weighted by atomic mass is 32.1. The van der Waals surface area contributed by atoms with Crippen molar-refractivity contribution in [3.05, 3.63) is 54.1 Å². The number of nitrogens with zero attached hydrogens (tertiary/aromatic N) is 3. The van der Waals surface area contributed by atoms with E-state index >= 15 is 0 Å². The Kier molecular flexibility index (Phi) is 4.72. The predicted octanol–water partition coefficient (Wildman–Crippen LogP) is 4.12. The molecule has 1 aromatic carbocycles. The number of benzene rings is 1. The number of nitrogens with one attached hydrogen (secondary N) is 2. The second kappa shape index (κ2) is 7.29. The summed E-state index contributed by atoms with van der Waals surface area (Å²) in [6.07, 6.45) is 4.10. The minimum Gasteiger partial charge on any atom is -0.317 e. The van der Waals surface area contributed by atoms with E-state index in [1.807, 2.05) is 37.4 Å². The van der Waals surface area contributed by atoms with Crippen molar-refractivity contribution in [1.29, 1.82) is 0 Å². The molecule has 6 heteroatoms. The Balaban J connectivity index is 1.54. The first kappa shape index (κ1) is 16.2. The molecule has 128 valence electrons. The Morgan fingerprint density at radius 2 is 1.92 bits per heavy atom. The molecule has 1 fully saturated rings. The number of aryl methyl sites for hydroxylation is 1. The average Bonchev–Trinajstić information content (AvgIpc) is 3.11. The van der Waals surface area contributed by atoms with Crippen LogP contribution in [0.5, 0.6) is 0 Å². The minimum atomic E-state index is 0.442. The van der Waals surface area contributed by atoms with E-state index in [0.717, 1.165) is 53.3 Å². The monoisotopic (exact) mass is 351 g/mol. The summed E-state index contributed by atoms with van der Waals surface area (Å²) in [4.78, 5) is 15.0. The molecule has 3 aromatic rings. The molecule has 0 spiro atoms. The first-order chi connectivity index (χ1) is 12.3. The van der Waals surface area contributed by atoms with E-state index in [0.29, 0.717) is 5.92 Å². The smallest absolute Gasteiger partial charge is 0.188 e. The zero-order chi connectivity index (χ0) is 17.1. The fourth-order valence-electron chi connectivity index (χ4n) is 3.10. The summed E-state index contributed by atoms with van der Waals surface area (Å²) >= 11 is 1.64. The molecule has 2 N–H and O–H groups in total. The van der Waals surface area contributed by atoms with Crippen LogP contribution in [0.15, 0.2) is 42.6 Å². The van der Waals surface area contributed by atoms with Gasteiger partial charge in [0.05, 0.1) is 4.88 Å². The molecule has 0 atom stereocenters. The Bertz CT molecular complexity index is 840. The van der Waals surface area contributed by atoms with Crippen LogP contribution in [0.1, 0.15) is 30.3 Å². The van der Waals surface area contributed by atoms with E-state index in [1.165, 1.54) is 5.56 Å². The van der Waals surface area contributed by atoms with Crippen molar-refractivity contribution >= 4 is 22.3 Å². The lowest BCUT2D eigenvalue weighted by Crippen LogP contribution is -2.27. The summed E-state index contributed by atoms with van der Waals surface area (Å²) in [6.45, 7) is 4.10. The molecule has 0 radical (unpaired) electrons. The zero-order valence-electron chi connectivity index (χ0n) is 14.2. The Labute approximate surface area is 151 Å². The molecule has 1 aliphatic heterocycles. The fraction of sp³-hybridized carbons (Fsp3) is 0.316. The van der Waals surface area contributed by atoms with Gasteiger partial charge in [-0.05, 0) is 38.4 Å². The van der Waals surface area contributed by atoms with Crippen molar-refractivity contribution in [3.63, 3.8) is 0 Å². The van der Waals surface area contributed by atoms with Gasteiger partial charge < -0.3 is 10.6 Å². The number of piperidine rings is 1. The van der Waals surface area contributed by atoms with Crippen LogP contribution in [0.2, 0.25) is 0 Å². The van der Waals surface area contributed by atoms with Crippen LogP contribution >= 0.6 is 11.3 Å². The van der Waals surface area contributed by atoms with Crippen molar-refractivity contribution in [2.75, 3.05) is 18.4 Å². The number of hydrogen-bond acceptors (Lipinski definition) is 6. The summed E-state index contributed by atoms with van der Waals surface area (Å²) < 4.78 is 0. The van der Waals surface area contributed by atoms with Crippen LogP contribution in [0.25, 0.3) is 10.4 Å². The van der Waals surface area contributed by atoms with Gasteiger partial charge in [-0.2, -0.15) is 0 Å². The summed E-state index contributed by atoms with van der Waals surface area (Å²) in [5.74, 6) is 2.22. The number of thiazole rings is 1. The Hall–Kier alpha value is -2.31. The quantitative estimate of drug-likeness (QED) is 0.740. The van der Waals surface area contributed by atoms with Gasteiger partial charge in [0.15, 0.2) is 5.13 Å². The van der Waals surface area contributed by atoms with Crippen molar-refractivity contribution in [2.45, 2.75) is 25.7 Å². The van der Waals surface area contributed by atoms with Crippen molar-refractivity contribution < 1.29 is 0 Å². The van der Waals surface area contributed by atoms with Gasteiger partial charge in [0.2, 0.25) is 0 Å². The molecule has 2 aromatic heterocycles. The zero-order valence-corrected chi connectivity index (χ0v) is 15.0. The van der Waals surface area contributed by atoms with Gasteiger partial charge in [-0.1, -0.05) is 41.7 Å². The predicted molar refractivity (Wildman–Crippen MR) is 102 cm³/mol. The van der Waals surface area contributed by atoms with Crippen molar-refractivity contribution in [2.24, 2.45) is 0 Å². The molecule has 0 saturated carbocycles. The van der Waals surface area contributed by atoms with Gasteiger partial charge in [-0.3, -0.25) is 0 Å². The third-order valence-electron chi connectivity index (χ3n) is 4.37. The lowest BCUT2D eigenvalue weighted by molar-refractivity contribution is 0.444. The van der Waals surface area contributed by atoms with E-state index in [9.17, 15) is 0 Å². The maximum absolute atomic E-state index is 4.75. The second-order valence-electron chi connectivity index (χ2n) is 6.30. The molecule has 4 rings (SSSR count). The standard InChI is InChI=1S/C19H21N5S/c1-13-11-17(23-18(22-13)15-7-9-20-10-8-15)24-19-21-12-16(25-19)14-5-3-2-4-6-14/h2-6,11-12,15,20H,7-10H2,1H3,(H,21,22,23,24). The lowest BCUT2D eigenvalue weighted by Gasteiger charge is -2.21. The van der Waals surface area contributed by atoms with Crippen LogP contribution in [0.4, 0.5) is 10.9 Å². The molecular formula is C19H21N5S. The van der Waals surface area contributed by atoms with Crippen LogP contribution in [0.3, 0.4) is 0 Å². The third-order valence-corrected chi connectivity index (χ3v) is 5.34. The average molecular weight is 351 g/mol. The van der Waals surface area contributed by atoms with E-state index < -0.39 is 0 Å². The van der Waals surface area contributed by atoms with Crippen LogP contribution < -0.4 is 10.6 Å². The largest absolute Gasteiger partial charge is 0.317 e. The van der Waals surface area contributed by atoms with Gasteiger partial charge >= 0.3 is 0 Å². The highest BCUT2D eigenvalue weighted by molar-refractivity contribution is 7.18. The van der Waals surface area contributed by atoms with Gasteiger partial charge in [0, 0.05) is 23.9 Å². The molecule has 1 saturated heterocycles. The number of rotatable bonds is 4. The normalized spacial score (nSPS) is 15.2. The molecule has 0 amide bonds. The van der Waals surface area contributed by atoms with Crippen LogP contribution in [0, 0.1) is 6.92 Å². The maximum atomic E-state index is 4.75. The minimum absolute atomic E-state index is 0.442. The van der Waals surface area contributed by atoms with Crippen LogP contribution in [-0.2, 0) is 0 Å². The highest BCUT2D eigenvalue weighted by Crippen LogP contribution is 2.31. The van der Waals surface area contributed by atoms with E-state index in [-0.39, 0.29) is 0 Å². The third kappa shape index (κ3) is 3.86. The van der Waals surface area contributed by atoms with Gasteiger partial charge in [-0.15, -0.1) is 0 Å². The van der Waals surface area contributed by atoms with E-state index in [1.54, 1.807) is 11.3 Å². The highest BCUT2D eigenvalue weighted by Gasteiger charge is 2.19. The maximum Gasteiger partial charge on any atom is 0.188 e. The SMILES string of the molecule is Cc1cc(Nc2ncc(-c3ccccc3)s2)nc(C2CCNCC2)n1. The summed E-state index contributed by atoms with van der Waals surface area (Å²) in [5, 5.41) is 7.60. The van der Waals surface area contributed by atoms with Crippen LogP contribution in [-0.4, -0.2) is 28.0 Å². The fourth-order valence-corrected chi connectivity index (χ4v) is 3.92. The summed E-state index contributed by atoms with van der Waals surface area (Å²) in [5.41, 5.74) is 2.17. The summed E-state index contributed by atoms with van der Waals surface area (Å²) in [6, 6.07) is 12.3. The molecule has 0 bridgehead atoms. The molecular weight excluding hydrogens is 330 g/mol. The van der Waals surface area contributed by atoms with E-state index in [2.05, 4.69) is 32.7 Å². The Morgan fingerprint density at radius 3 is 2.72 bits per heavy atom. The molecule has 5 nitrogen and oxygen atoms in total. The molecule has 25 heavy (non-hydrogen) atoms. The Morgan fingerprint density at radius 1 is 1.12 bits per heavy atom. The second-order valence-corrected chi connectivity index (χ2v) is 7.33. The van der Waals surface area contributed by atoms with Crippen molar-refractivity contribution in [1.82, 2.24) is 20.3 Å². The van der Waals surface area contributed by atoms with Gasteiger partial charge in [0.1, 0.15) is 11.6 Å². The van der Waals surface area contributed by atoms with Gasteiger partial charge in [0.25, 0.3) is 0 Å².